The van der Waals surface area contributed by atoms with Crippen LogP contribution in [-0.4, -0.2) is 18.0 Å². The lowest BCUT2D eigenvalue weighted by Crippen LogP contribution is -1.82. The van der Waals surface area contributed by atoms with Crippen molar-refractivity contribution in [2.75, 3.05) is 6.61 Å². The molecule has 0 aliphatic heterocycles. The highest BCUT2D eigenvalue weighted by Crippen LogP contribution is 2.13. The zero-order valence-electron chi connectivity index (χ0n) is 5.65. The van der Waals surface area contributed by atoms with Gasteiger partial charge >= 0.3 is 0 Å². The minimum Gasteiger partial charge on any atom is -0.483 e. The molecule has 0 radical (unpaired) electrons. The van der Waals surface area contributed by atoms with Crippen LogP contribution in [-0.2, 0) is 4.74 Å². The first-order chi connectivity index (χ1) is 4.93. The fraction of sp³-hybridized carbons (Fsp3) is 0.333. The van der Waals surface area contributed by atoms with Crippen molar-refractivity contribution in [3.8, 4) is 0 Å². The molecular formula is C6H8N2OS. The predicted molar refractivity (Wildman–Crippen MR) is 41.9 cm³/mol. The zero-order valence-corrected chi connectivity index (χ0v) is 6.47. The molecule has 0 atom stereocenters. The number of nitrogens with zero attached hydrogens (tertiary/aromatic N) is 2. The first kappa shape index (κ1) is 7.21. The van der Waals surface area contributed by atoms with Crippen molar-refractivity contribution in [2.24, 2.45) is 4.99 Å². The van der Waals surface area contributed by atoms with Gasteiger partial charge in [0.1, 0.15) is 0 Å². The summed E-state index contributed by atoms with van der Waals surface area (Å²) in [5.41, 5.74) is 0. The number of ether oxygens (including phenoxy) is 1. The van der Waals surface area contributed by atoms with Crippen LogP contribution >= 0.6 is 11.3 Å². The molecular weight excluding hydrogens is 148 g/mol. The molecule has 1 aromatic rings. The van der Waals surface area contributed by atoms with Crippen LogP contribution in [0.5, 0.6) is 0 Å². The minimum atomic E-state index is 0.648. The Morgan fingerprint density at radius 2 is 2.80 bits per heavy atom. The summed E-state index contributed by atoms with van der Waals surface area (Å²) in [5, 5.41) is 2.60. The molecule has 0 aliphatic rings. The molecule has 0 N–H and O–H groups in total. The van der Waals surface area contributed by atoms with E-state index < -0.39 is 0 Å². The highest BCUT2D eigenvalue weighted by atomic mass is 32.1. The lowest BCUT2D eigenvalue weighted by atomic mass is 10.9. The van der Waals surface area contributed by atoms with E-state index in [0.29, 0.717) is 6.61 Å². The van der Waals surface area contributed by atoms with Crippen molar-refractivity contribution in [3.63, 3.8) is 0 Å². The van der Waals surface area contributed by atoms with E-state index in [1.807, 2.05) is 12.3 Å². The normalized spacial score (nSPS) is 10.5. The van der Waals surface area contributed by atoms with E-state index in [-0.39, 0.29) is 0 Å². The lowest BCUT2D eigenvalue weighted by molar-refractivity contribution is 0.344. The van der Waals surface area contributed by atoms with Gasteiger partial charge in [-0.05, 0) is 6.92 Å². The van der Waals surface area contributed by atoms with Gasteiger partial charge in [0.05, 0.1) is 6.61 Å². The van der Waals surface area contributed by atoms with Gasteiger partial charge in [-0.3, -0.25) is 0 Å². The molecule has 0 aromatic carbocycles. The zero-order chi connectivity index (χ0) is 7.23. The fourth-order valence-corrected chi connectivity index (χ4v) is 0.906. The summed E-state index contributed by atoms with van der Waals surface area (Å²) in [4.78, 5) is 7.84. The molecule has 0 unspecified atom stereocenters. The highest BCUT2D eigenvalue weighted by Gasteiger charge is 1.85. The fourth-order valence-electron chi connectivity index (χ4n) is 0.437. The summed E-state index contributed by atoms with van der Waals surface area (Å²) < 4.78 is 4.88. The van der Waals surface area contributed by atoms with E-state index in [1.54, 1.807) is 6.20 Å². The first-order valence-corrected chi connectivity index (χ1v) is 3.85. The summed E-state index contributed by atoms with van der Waals surface area (Å²) >= 11 is 1.48. The predicted octanol–water partition coefficient (Wildman–Crippen LogP) is 1.84. The first-order valence-electron chi connectivity index (χ1n) is 2.97. The summed E-state index contributed by atoms with van der Waals surface area (Å²) in [6, 6.07) is 0. The molecule has 1 aromatic heterocycles. The van der Waals surface area contributed by atoms with Crippen molar-refractivity contribution in [3.05, 3.63) is 11.6 Å². The number of aromatic nitrogens is 1. The van der Waals surface area contributed by atoms with Crippen molar-refractivity contribution >= 4 is 22.9 Å². The van der Waals surface area contributed by atoms with E-state index in [2.05, 4.69) is 9.98 Å². The third-order valence-corrected chi connectivity index (χ3v) is 1.50. The van der Waals surface area contributed by atoms with Gasteiger partial charge in [-0.15, -0.1) is 11.3 Å². The topological polar surface area (TPSA) is 34.5 Å². The summed E-state index contributed by atoms with van der Waals surface area (Å²) in [6.07, 6.45) is 3.13. The van der Waals surface area contributed by atoms with Gasteiger partial charge in [-0.1, -0.05) is 0 Å². The number of thiazole rings is 1. The Bertz CT molecular complexity index is 196. The molecule has 1 heterocycles. The van der Waals surface area contributed by atoms with Crippen LogP contribution in [0.2, 0.25) is 0 Å². The molecule has 1 rings (SSSR count). The van der Waals surface area contributed by atoms with Crippen LogP contribution in [0.4, 0.5) is 5.13 Å². The number of aliphatic imine (C=N–C) groups is 1. The molecule has 54 valence electrons. The third kappa shape index (κ3) is 2.14. The Hall–Kier alpha value is -0.900. The Morgan fingerprint density at radius 1 is 1.90 bits per heavy atom. The second-order valence-corrected chi connectivity index (χ2v) is 2.38. The molecule has 0 saturated carbocycles. The second kappa shape index (κ2) is 4.00. The van der Waals surface area contributed by atoms with Crippen molar-refractivity contribution in [2.45, 2.75) is 6.92 Å². The van der Waals surface area contributed by atoms with Gasteiger partial charge in [0.2, 0.25) is 5.13 Å². The van der Waals surface area contributed by atoms with Crippen LogP contribution in [0.1, 0.15) is 6.92 Å². The van der Waals surface area contributed by atoms with Gasteiger partial charge in [0, 0.05) is 11.6 Å². The highest BCUT2D eigenvalue weighted by molar-refractivity contribution is 7.13. The molecule has 0 spiro atoms. The van der Waals surface area contributed by atoms with Gasteiger partial charge in [-0.2, -0.15) is 4.99 Å². The standard InChI is InChI=1S/C6H8N2OS/c1-2-9-5-8-6-7-3-4-10-6/h3-5H,2H2,1H3. The Balaban J connectivity index is 2.40. The number of hydrogen-bond acceptors (Lipinski definition) is 4. The van der Waals surface area contributed by atoms with E-state index in [4.69, 9.17) is 4.74 Å². The van der Waals surface area contributed by atoms with E-state index in [1.165, 1.54) is 17.7 Å². The monoisotopic (exact) mass is 156 g/mol. The average molecular weight is 156 g/mol. The van der Waals surface area contributed by atoms with Crippen molar-refractivity contribution in [1.29, 1.82) is 0 Å². The largest absolute Gasteiger partial charge is 0.483 e. The molecule has 0 bridgehead atoms. The molecule has 10 heavy (non-hydrogen) atoms. The minimum absolute atomic E-state index is 0.648. The maximum Gasteiger partial charge on any atom is 0.211 e. The lowest BCUT2D eigenvalue weighted by Gasteiger charge is -1.87. The Kier molecular flexibility index (Phi) is 2.89. The van der Waals surface area contributed by atoms with E-state index in [9.17, 15) is 0 Å². The maximum absolute atomic E-state index is 4.88. The molecule has 0 amide bonds. The van der Waals surface area contributed by atoms with Crippen LogP contribution in [0.15, 0.2) is 16.6 Å². The van der Waals surface area contributed by atoms with Gasteiger partial charge in [0.25, 0.3) is 0 Å². The average Bonchev–Trinajstić information content (AvgIpc) is 2.41. The SMILES string of the molecule is CCOC=Nc1nccs1. The Morgan fingerprint density at radius 3 is 3.40 bits per heavy atom. The summed E-state index contributed by atoms with van der Waals surface area (Å²) in [7, 11) is 0. The second-order valence-electron chi connectivity index (χ2n) is 1.50. The van der Waals surface area contributed by atoms with Gasteiger partial charge in [0.15, 0.2) is 6.40 Å². The summed E-state index contributed by atoms with van der Waals surface area (Å²) in [5.74, 6) is 0. The van der Waals surface area contributed by atoms with Crippen LogP contribution in [0.3, 0.4) is 0 Å². The molecule has 3 nitrogen and oxygen atoms in total. The van der Waals surface area contributed by atoms with Crippen LogP contribution in [0.25, 0.3) is 0 Å². The summed E-state index contributed by atoms with van der Waals surface area (Å²) in [6.45, 7) is 2.56. The van der Waals surface area contributed by atoms with Crippen molar-refractivity contribution < 1.29 is 4.74 Å². The van der Waals surface area contributed by atoms with Crippen LogP contribution < -0.4 is 0 Å². The molecule has 0 aliphatic carbocycles. The van der Waals surface area contributed by atoms with E-state index in [0.717, 1.165) is 5.13 Å². The molecule has 4 heteroatoms. The number of rotatable bonds is 3. The molecule has 0 saturated heterocycles. The quantitative estimate of drug-likeness (QED) is 0.494. The maximum atomic E-state index is 4.88. The van der Waals surface area contributed by atoms with Crippen LogP contribution in [0, 0.1) is 0 Å². The van der Waals surface area contributed by atoms with Crippen molar-refractivity contribution in [1.82, 2.24) is 4.98 Å². The Labute approximate surface area is 63.4 Å². The smallest absolute Gasteiger partial charge is 0.211 e. The number of hydrogen-bond donors (Lipinski definition) is 0. The third-order valence-electron chi connectivity index (χ3n) is 0.824. The van der Waals surface area contributed by atoms with E-state index >= 15 is 0 Å². The van der Waals surface area contributed by atoms with Gasteiger partial charge < -0.3 is 4.74 Å². The molecule has 0 fully saturated rings. The van der Waals surface area contributed by atoms with Gasteiger partial charge in [-0.25, -0.2) is 4.98 Å².